The molecule has 2 amide bonds. The third kappa shape index (κ3) is 6.82. The third-order valence-electron chi connectivity index (χ3n) is 5.15. The van der Waals surface area contributed by atoms with Crippen molar-refractivity contribution >= 4 is 27.5 Å². The number of sulfonamides is 1. The van der Waals surface area contributed by atoms with Gasteiger partial charge in [0.05, 0.1) is 11.9 Å². The van der Waals surface area contributed by atoms with Crippen LogP contribution < -0.4 is 9.62 Å². The van der Waals surface area contributed by atoms with Crippen molar-refractivity contribution < 1.29 is 18.0 Å². The van der Waals surface area contributed by atoms with Gasteiger partial charge >= 0.3 is 0 Å². The molecule has 0 spiro atoms. The number of para-hydroxylation sites is 1. The maximum absolute atomic E-state index is 13.0. The Morgan fingerprint density at radius 3 is 2.23 bits per heavy atom. The molecule has 168 valence electrons. The number of hydrogen-bond donors (Lipinski definition) is 1. The summed E-state index contributed by atoms with van der Waals surface area (Å²) in [4.78, 5) is 26.7. The summed E-state index contributed by atoms with van der Waals surface area (Å²) in [5.74, 6) is -0.444. The first kappa shape index (κ1) is 24.4. The Balaban J connectivity index is 2.13. The third-order valence-corrected chi connectivity index (χ3v) is 6.33. The zero-order valence-corrected chi connectivity index (χ0v) is 19.4. The number of rotatable bonds is 10. The van der Waals surface area contributed by atoms with Crippen LogP contribution in [0, 0.1) is 6.92 Å². The maximum Gasteiger partial charge on any atom is 0.242 e. The normalized spacial score (nSPS) is 12.1. The number of anilines is 1. The number of nitrogens with one attached hydrogen (secondary N) is 1. The van der Waals surface area contributed by atoms with Crippen LogP contribution in [0.1, 0.15) is 30.9 Å². The van der Waals surface area contributed by atoms with Crippen LogP contribution in [0.3, 0.4) is 0 Å². The monoisotopic (exact) mass is 445 g/mol. The van der Waals surface area contributed by atoms with Gasteiger partial charge in [0.15, 0.2) is 0 Å². The first-order valence-electron chi connectivity index (χ1n) is 10.2. The molecule has 1 atom stereocenters. The highest BCUT2D eigenvalue weighted by atomic mass is 32.2. The summed E-state index contributed by atoms with van der Waals surface area (Å²) in [5, 5.41) is 2.59. The molecule has 31 heavy (non-hydrogen) atoms. The highest BCUT2D eigenvalue weighted by molar-refractivity contribution is 7.92. The Labute approximate surface area is 185 Å². The molecule has 0 radical (unpaired) electrons. The molecule has 1 N–H and O–H groups in total. The van der Waals surface area contributed by atoms with Gasteiger partial charge in [-0.05, 0) is 37.5 Å². The predicted octanol–water partition coefficient (Wildman–Crippen LogP) is 2.70. The van der Waals surface area contributed by atoms with Crippen LogP contribution in [-0.2, 0) is 26.2 Å². The van der Waals surface area contributed by atoms with E-state index in [-0.39, 0.29) is 24.8 Å². The van der Waals surface area contributed by atoms with Crippen LogP contribution >= 0.6 is 0 Å². The van der Waals surface area contributed by atoms with Crippen molar-refractivity contribution in [1.29, 1.82) is 0 Å². The molecule has 0 aromatic heterocycles. The molecule has 0 heterocycles. The number of hydrogen-bond acceptors (Lipinski definition) is 4. The van der Waals surface area contributed by atoms with E-state index in [1.807, 2.05) is 49.4 Å². The van der Waals surface area contributed by atoms with Crippen molar-refractivity contribution in [2.45, 2.75) is 39.3 Å². The number of carbonyl (C=O) groups is 2. The summed E-state index contributed by atoms with van der Waals surface area (Å²) in [6.45, 7) is 4.03. The second-order valence-electron chi connectivity index (χ2n) is 7.52. The zero-order chi connectivity index (χ0) is 23.0. The SMILES string of the molecule is CNC(=O)C(C)N(Cc1ccccc1)C(=O)CCCN(c1ccccc1C)S(C)(=O)=O. The Kier molecular flexibility index (Phi) is 8.62. The standard InChI is InChI=1S/C23H31N3O4S/c1-18-11-8-9-14-21(18)26(31(4,29)30)16-10-15-22(27)25(19(2)23(28)24-3)17-20-12-6-5-7-13-20/h5-9,11-14,19H,10,15-17H2,1-4H3,(H,24,28). The molecule has 2 rings (SSSR count). The Hall–Kier alpha value is -2.87. The van der Waals surface area contributed by atoms with Gasteiger partial charge < -0.3 is 10.2 Å². The van der Waals surface area contributed by atoms with Gasteiger partial charge in [-0.15, -0.1) is 0 Å². The van der Waals surface area contributed by atoms with E-state index in [2.05, 4.69) is 5.32 Å². The van der Waals surface area contributed by atoms with Crippen molar-refractivity contribution in [2.24, 2.45) is 0 Å². The molecule has 0 saturated carbocycles. The van der Waals surface area contributed by atoms with Crippen LogP contribution in [0.15, 0.2) is 54.6 Å². The first-order valence-corrected chi connectivity index (χ1v) is 12.1. The average molecular weight is 446 g/mol. The minimum atomic E-state index is -3.50. The molecular formula is C23H31N3O4S. The predicted molar refractivity (Wildman–Crippen MR) is 123 cm³/mol. The van der Waals surface area contributed by atoms with Crippen LogP contribution in [0.4, 0.5) is 5.69 Å². The molecule has 7 nitrogen and oxygen atoms in total. The lowest BCUT2D eigenvalue weighted by atomic mass is 10.1. The minimum absolute atomic E-state index is 0.131. The molecular weight excluding hydrogens is 414 g/mol. The number of amides is 2. The largest absolute Gasteiger partial charge is 0.357 e. The average Bonchev–Trinajstić information content (AvgIpc) is 2.74. The molecule has 0 saturated heterocycles. The molecule has 0 aliphatic carbocycles. The lowest BCUT2D eigenvalue weighted by Crippen LogP contribution is -2.46. The van der Waals surface area contributed by atoms with E-state index in [0.29, 0.717) is 18.7 Å². The Bertz CT molecular complexity index is 993. The number of aryl methyl sites for hydroxylation is 1. The first-order chi connectivity index (χ1) is 14.6. The lowest BCUT2D eigenvalue weighted by Gasteiger charge is -2.29. The number of likely N-dealkylation sites (N-methyl/N-ethyl adjacent to an activating group) is 1. The molecule has 2 aromatic carbocycles. The van der Waals surface area contributed by atoms with Crippen molar-refractivity contribution in [1.82, 2.24) is 10.2 Å². The van der Waals surface area contributed by atoms with Crippen LogP contribution in [0.2, 0.25) is 0 Å². The van der Waals surface area contributed by atoms with Crippen LogP contribution in [0.25, 0.3) is 0 Å². The van der Waals surface area contributed by atoms with E-state index in [9.17, 15) is 18.0 Å². The summed E-state index contributed by atoms with van der Waals surface area (Å²) in [7, 11) is -1.96. The van der Waals surface area contributed by atoms with Gasteiger partial charge in [-0.3, -0.25) is 13.9 Å². The van der Waals surface area contributed by atoms with Gasteiger partial charge in [0.25, 0.3) is 0 Å². The fraction of sp³-hybridized carbons (Fsp3) is 0.391. The van der Waals surface area contributed by atoms with Crippen molar-refractivity contribution in [3.05, 3.63) is 65.7 Å². The quantitative estimate of drug-likeness (QED) is 0.609. The van der Waals surface area contributed by atoms with Gasteiger partial charge in [-0.2, -0.15) is 0 Å². The minimum Gasteiger partial charge on any atom is -0.357 e. The fourth-order valence-corrected chi connectivity index (χ4v) is 4.42. The van der Waals surface area contributed by atoms with E-state index >= 15 is 0 Å². The van der Waals surface area contributed by atoms with Gasteiger partial charge in [0.1, 0.15) is 6.04 Å². The van der Waals surface area contributed by atoms with Gasteiger partial charge in [-0.1, -0.05) is 48.5 Å². The molecule has 1 unspecified atom stereocenters. The molecule has 8 heteroatoms. The number of benzene rings is 2. The Morgan fingerprint density at radius 2 is 1.65 bits per heavy atom. The van der Waals surface area contributed by atoms with E-state index in [1.165, 1.54) is 16.3 Å². The number of carbonyl (C=O) groups excluding carboxylic acids is 2. The second kappa shape index (κ2) is 10.9. The lowest BCUT2D eigenvalue weighted by molar-refractivity contribution is -0.140. The summed E-state index contributed by atoms with van der Waals surface area (Å²) >= 11 is 0. The number of nitrogens with zero attached hydrogens (tertiary/aromatic N) is 2. The van der Waals surface area contributed by atoms with Gasteiger partial charge in [0.2, 0.25) is 21.8 Å². The van der Waals surface area contributed by atoms with Crippen LogP contribution in [-0.4, -0.2) is 51.0 Å². The van der Waals surface area contributed by atoms with Gasteiger partial charge in [0, 0.05) is 26.6 Å². The van der Waals surface area contributed by atoms with E-state index in [4.69, 9.17) is 0 Å². The summed E-state index contributed by atoms with van der Waals surface area (Å²) in [6.07, 6.45) is 1.63. The molecule has 0 aliphatic heterocycles. The van der Waals surface area contributed by atoms with E-state index in [1.54, 1.807) is 19.1 Å². The van der Waals surface area contributed by atoms with Crippen molar-refractivity contribution in [3.8, 4) is 0 Å². The van der Waals surface area contributed by atoms with Gasteiger partial charge in [-0.25, -0.2) is 8.42 Å². The fourth-order valence-electron chi connectivity index (χ4n) is 3.40. The molecule has 2 aromatic rings. The van der Waals surface area contributed by atoms with E-state index < -0.39 is 16.1 Å². The van der Waals surface area contributed by atoms with Crippen molar-refractivity contribution in [3.63, 3.8) is 0 Å². The highest BCUT2D eigenvalue weighted by Gasteiger charge is 2.26. The smallest absolute Gasteiger partial charge is 0.242 e. The summed E-state index contributed by atoms with van der Waals surface area (Å²) in [5.41, 5.74) is 2.37. The highest BCUT2D eigenvalue weighted by Crippen LogP contribution is 2.23. The summed E-state index contributed by atoms with van der Waals surface area (Å²) in [6, 6.07) is 16.1. The van der Waals surface area contributed by atoms with Crippen molar-refractivity contribution in [2.75, 3.05) is 24.2 Å². The molecule has 0 bridgehead atoms. The second-order valence-corrected chi connectivity index (χ2v) is 9.43. The molecule has 0 aliphatic rings. The van der Waals surface area contributed by atoms with E-state index in [0.717, 1.165) is 17.4 Å². The topological polar surface area (TPSA) is 86.8 Å². The Morgan fingerprint density at radius 1 is 1.03 bits per heavy atom. The maximum atomic E-state index is 13.0. The molecule has 0 fully saturated rings. The van der Waals surface area contributed by atoms with Crippen LogP contribution in [0.5, 0.6) is 0 Å². The zero-order valence-electron chi connectivity index (χ0n) is 18.5. The summed E-state index contributed by atoms with van der Waals surface area (Å²) < 4.78 is 26.0.